The van der Waals surface area contributed by atoms with Crippen LogP contribution in [0.4, 0.5) is 0 Å². The van der Waals surface area contributed by atoms with Crippen molar-refractivity contribution in [2.75, 3.05) is 0 Å². The predicted molar refractivity (Wildman–Crippen MR) is 67.2 cm³/mol. The van der Waals surface area contributed by atoms with Crippen molar-refractivity contribution in [1.82, 2.24) is 0 Å². The molecule has 0 spiro atoms. The molecule has 76 valence electrons. The first-order chi connectivity index (χ1) is 6.74. The highest BCUT2D eigenvalue weighted by molar-refractivity contribution is 5.65. The first-order valence-corrected chi connectivity index (χ1v) is 5.10. The Morgan fingerprint density at radius 2 is 1.57 bits per heavy atom. The van der Waals surface area contributed by atoms with Crippen LogP contribution < -0.4 is 0 Å². The minimum absolute atomic E-state index is 1.19. The van der Waals surface area contributed by atoms with Gasteiger partial charge >= 0.3 is 0 Å². The molecule has 0 heterocycles. The number of benzene rings is 1. The molecule has 0 saturated heterocycles. The molecular formula is C14H20. The molecule has 1 rings (SSSR count). The third kappa shape index (κ3) is 4.08. The van der Waals surface area contributed by atoms with Gasteiger partial charge in [0.05, 0.1) is 0 Å². The average molecular weight is 188 g/mol. The second-order valence-electron chi connectivity index (χ2n) is 3.05. The molecule has 0 bridgehead atoms. The maximum Gasteiger partial charge on any atom is -0.0185 e. The minimum atomic E-state index is 1.19. The van der Waals surface area contributed by atoms with E-state index in [0.717, 1.165) is 0 Å². The van der Waals surface area contributed by atoms with E-state index in [1.54, 1.807) is 0 Å². The van der Waals surface area contributed by atoms with Gasteiger partial charge in [0.1, 0.15) is 0 Å². The average Bonchev–Trinajstić information content (AvgIpc) is 2.21. The van der Waals surface area contributed by atoms with Crippen molar-refractivity contribution < 1.29 is 0 Å². The monoisotopic (exact) mass is 188 g/mol. The van der Waals surface area contributed by atoms with E-state index < -0.39 is 0 Å². The van der Waals surface area contributed by atoms with Crippen molar-refractivity contribution in [3.05, 3.63) is 47.5 Å². The Morgan fingerprint density at radius 3 is 2.00 bits per heavy atom. The zero-order valence-electron chi connectivity index (χ0n) is 9.67. The van der Waals surface area contributed by atoms with Crippen LogP contribution in [0.5, 0.6) is 0 Å². The molecule has 0 heteroatoms. The number of hydrogen-bond donors (Lipinski definition) is 0. The Balaban J connectivity index is 0.000000791. The van der Waals surface area contributed by atoms with Crippen LogP contribution in [0.25, 0.3) is 12.2 Å². The molecule has 0 aliphatic rings. The highest BCUT2D eigenvalue weighted by Crippen LogP contribution is 2.13. The molecule has 0 N–H and O–H groups in total. The Bertz CT molecular complexity index is 302. The molecule has 0 amide bonds. The third-order valence-electron chi connectivity index (χ3n) is 1.66. The first kappa shape index (κ1) is 12.7. The van der Waals surface area contributed by atoms with Gasteiger partial charge in [-0.2, -0.15) is 0 Å². The van der Waals surface area contributed by atoms with E-state index in [-0.39, 0.29) is 0 Å². The topological polar surface area (TPSA) is 0 Å². The molecule has 0 nitrogen and oxygen atoms in total. The highest BCUT2D eigenvalue weighted by Gasteiger charge is 1.92. The van der Waals surface area contributed by atoms with E-state index in [4.69, 9.17) is 0 Å². The van der Waals surface area contributed by atoms with Crippen LogP contribution in [0.1, 0.15) is 38.8 Å². The second kappa shape index (κ2) is 7.14. The van der Waals surface area contributed by atoms with Crippen molar-refractivity contribution >= 4 is 12.2 Å². The largest absolute Gasteiger partial charge is 0.0984 e. The van der Waals surface area contributed by atoms with E-state index in [9.17, 15) is 0 Å². The minimum Gasteiger partial charge on any atom is -0.0984 e. The Hall–Kier alpha value is -1.30. The summed E-state index contributed by atoms with van der Waals surface area (Å²) in [6.45, 7) is 12.0. The van der Waals surface area contributed by atoms with Gasteiger partial charge in [-0.3, -0.25) is 0 Å². The fourth-order valence-corrected chi connectivity index (χ4v) is 1.14. The van der Waals surface area contributed by atoms with E-state index in [1.165, 1.54) is 16.7 Å². The van der Waals surface area contributed by atoms with Crippen LogP contribution >= 0.6 is 0 Å². The van der Waals surface area contributed by atoms with Gasteiger partial charge in [0, 0.05) is 0 Å². The molecule has 0 aromatic heterocycles. The van der Waals surface area contributed by atoms with Crippen molar-refractivity contribution in [3.8, 4) is 0 Å². The summed E-state index contributed by atoms with van der Waals surface area (Å²) < 4.78 is 0. The molecule has 0 atom stereocenters. The Kier molecular flexibility index (Phi) is 6.47. The van der Waals surface area contributed by atoms with Gasteiger partial charge in [-0.1, -0.05) is 62.4 Å². The van der Waals surface area contributed by atoms with Crippen molar-refractivity contribution in [3.63, 3.8) is 0 Å². The zero-order valence-corrected chi connectivity index (χ0v) is 9.67. The molecule has 0 saturated carbocycles. The van der Waals surface area contributed by atoms with Crippen LogP contribution in [0.15, 0.2) is 36.4 Å². The van der Waals surface area contributed by atoms with Gasteiger partial charge in [0.15, 0.2) is 0 Å². The van der Waals surface area contributed by atoms with Crippen LogP contribution in [0.3, 0.4) is 0 Å². The number of allylic oxidation sites excluding steroid dienone is 1. The van der Waals surface area contributed by atoms with Gasteiger partial charge in [0.25, 0.3) is 0 Å². The smallest absolute Gasteiger partial charge is 0.0185 e. The van der Waals surface area contributed by atoms with Gasteiger partial charge in [0.2, 0.25) is 0 Å². The van der Waals surface area contributed by atoms with Gasteiger partial charge in [-0.25, -0.2) is 0 Å². The lowest BCUT2D eigenvalue weighted by atomic mass is 10.1. The maximum absolute atomic E-state index is 3.77. The molecule has 1 aromatic carbocycles. The first-order valence-electron chi connectivity index (χ1n) is 5.10. The third-order valence-corrected chi connectivity index (χ3v) is 1.66. The lowest BCUT2D eigenvalue weighted by Gasteiger charge is -1.99. The second-order valence-corrected chi connectivity index (χ2v) is 3.05. The SMILES string of the molecule is C=Cc1ccccc1C=C(C)C.CC. The Morgan fingerprint density at radius 1 is 1.07 bits per heavy atom. The lowest BCUT2D eigenvalue weighted by molar-refractivity contribution is 1.42. The summed E-state index contributed by atoms with van der Waals surface area (Å²) in [5, 5.41) is 0. The molecule has 0 radical (unpaired) electrons. The van der Waals surface area contributed by atoms with Gasteiger partial charge in [-0.15, -0.1) is 0 Å². The Labute approximate surface area is 88.0 Å². The fourth-order valence-electron chi connectivity index (χ4n) is 1.14. The molecule has 0 aliphatic carbocycles. The zero-order chi connectivity index (χ0) is 11.0. The van der Waals surface area contributed by atoms with E-state index in [0.29, 0.717) is 0 Å². The fraction of sp³-hybridized carbons (Fsp3) is 0.286. The molecular weight excluding hydrogens is 168 g/mol. The molecule has 0 unspecified atom stereocenters. The molecule has 14 heavy (non-hydrogen) atoms. The van der Waals surface area contributed by atoms with Crippen LogP contribution in [0, 0.1) is 0 Å². The maximum atomic E-state index is 3.77. The molecule has 0 fully saturated rings. The van der Waals surface area contributed by atoms with Crippen molar-refractivity contribution in [1.29, 1.82) is 0 Å². The van der Waals surface area contributed by atoms with E-state index in [2.05, 4.69) is 38.6 Å². The van der Waals surface area contributed by atoms with Crippen LogP contribution in [-0.4, -0.2) is 0 Å². The number of rotatable bonds is 2. The normalized spacial score (nSPS) is 8.29. The van der Waals surface area contributed by atoms with Crippen LogP contribution in [0.2, 0.25) is 0 Å². The summed E-state index contributed by atoms with van der Waals surface area (Å²) in [5.74, 6) is 0. The van der Waals surface area contributed by atoms with Crippen molar-refractivity contribution in [2.24, 2.45) is 0 Å². The summed E-state index contributed by atoms with van der Waals surface area (Å²) in [6, 6.07) is 8.24. The van der Waals surface area contributed by atoms with Crippen LogP contribution in [-0.2, 0) is 0 Å². The summed E-state index contributed by atoms with van der Waals surface area (Å²) >= 11 is 0. The highest BCUT2D eigenvalue weighted by atomic mass is 14.0. The van der Waals surface area contributed by atoms with Crippen molar-refractivity contribution in [2.45, 2.75) is 27.7 Å². The summed E-state index contributed by atoms with van der Waals surface area (Å²) in [7, 11) is 0. The number of hydrogen-bond acceptors (Lipinski definition) is 0. The van der Waals surface area contributed by atoms with Gasteiger partial charge in [-0.05, 0) is 25.0 Å². The van der Waals surface area contributed by atoms with E-state index in [1.807, 2.05) is 32.1 Å². The molecule has 0 aliphatic heterocycles. The summed E-state index contributed by atoms with van der Waals surface area (Å²) in [4.78, 5) is 0. The standard InChI is InChI=1S/C12H14.C2H6/c1-4-11-7-5-6-8-12(11)9-10(2)3;1-2/h4-9H,1H2,2-3H3;1-2H3. The van der Waals surface area contributed by atoms with E-state index >= 15 is 0 Å². The predicted octanol–water partition coefficient (Wildman–Crippen LogP) is 4.78. The summed E-state index contributed by atoms with van der Waals surface area (Å²) in [6.07, 6.45) is 4.05. The van der Waals surface area contributed by atoms with Gasteiger partial charge < -0.3 is 0 Å². The molecule has 1 aromatic rings. The lowest BCUT2D eigenvalue weighted by Crippen LogP contribution is -1.79. The summed E-state index contributed by atoms with van der Waals surface area (Å²) in [5.41, 5.74) is 3.75. The quantitative estimate of drug-likeness (QED) is 0.626.